The molecule has 0 spiro atoms. The number of rotatable bonds is 12. The number of benzene rings is 2. The quantitative estimate of drug-likeness (QED) is 0.234. The van der Waals surface area contributed by atoms with Gasteiger partial charge in [-0.05, 0) is 61.2 Å². The number of primary amides is 1. The summed E-state index contributed by atoms with van der Waals surface area (Å²) in [5.41, 5.74) is 7.03. The second kappa shape index (κ2) is 13.5. The van der Waals surface area contributed by atoms with Crippen LogP contribution in [0.15, 0.2) is 48.0 Å². The van der Waals surface area contributed by atoms with Crippen LogP contribution >= 0.6 is 0 Å². The maximum atomic E-state index is 13.4. The first-order valence-corrected chi connectivity index (χ1v) is 13.6. The van der Waals surface area contributed by atoms with Gasteiger partial charge in [0.2, 0.25) is 0 Å². The third kappa shape index (κ3) is 6.81. The Hall–Kier alpha value is -3.89. The first-order valence-electron chi connectivity index (χ1n) is 13.6. The van der Waals surface area contributed by atoms with E-state index < -0.39 is 23.6 Å². The molecule has 2 saturated heterocycles. The van der Waals surface area contributed by atoms with Gasteiger partial charge in [-0.2, -0.15) is 0 Å². The number of aliphatic hydroxyl groups is 1. The van der Waals surface area contributed by atoms with Crippen molar-refractivity contribution in [3.63, 3.8) is 0 Å². The monoisotopic (exact) mass is 551 g/mol. The largest absolute Gasteiger partial charge is 0.507 e. The highest BCUT2D eigenvalue weighted by Crippen LogP contribution is 2.40. The summed E-state index contributed by atoms with van der Waals surface area (Å²) in [4.78, 5) is 41.6. The Morgan fingerprint density at radius 1 is 1.05 bits per heavy atom. The van der Waals surface area contributed by atoms with Gasteiger partial charge >= 0.3 is 0 Å². The van der Waals surface area contributed by atoms with E-state index in [1.54, 1.807) is 36.4 Å². The summed E-state index contributed by atoms with van der Waals surface area (Å²) in [6.45, 7) is 8.25. The number of Topliss-reactive ketones (excluding diaryl/α,β-unsaturated/α-hetero) is 1. The minimum atomic E-state index is -0.787. The minimum absolute atomic E-state index is 0.0347. The van der Waals surface area contributed by atoms with Crippen LogP contribution in [0.5, 0.6) is 11.5 Å². The van der Waals surface area contributed by atoms with Gasteiger partial charge in [-0.15, -0.1) is 0 Å². The fourth-order valence-electron chi connectivity index (χ4n) is 5.00. The molecule has 40 heavy (non-hydrogen) atoms. The molecular formula is C30H37N3O7. The molecule has 4 rings (SSSR count). The summed E-state index contributed by atoms with van der Waals surface area (Å²) in [6.07, 6.45) is 1.52. The van der Waals surface area contributed by atoms with E-state index in [0.717, 1.165) is 31.6 Å². The molecule has 3 N–H and O–H groups in total. The van der Waals surface area contributed by atoms with Gasteiger partial charge in [0, 0.05) is 31.7 Å². The van der Waals surface area contributed by atoms with E-state index in [2.05, 4.69) is 4.90 Å². The molecule has 2 fully saturated rings. The Morgan fingerprint density at radius 2 is 1.75 bits per heavy atom. The van der Waals surface area contributed by atoms with Crippen LogP contribution in [0, 0.1) is 6.92 Å². The van der Waals surface area contributed by atoms with Crippen LogP contribution < -0.4 is 15.2 Å². The van der Waals surface area contributed by atoms with Gasteiger partial charge in [0.1, 0.15) is 17.3 Å². The predicted octanol–water partition coefficient (Wildman–Crippen LogP) is 2.79. The van der Waals surface area contributed by atoms with Crippen molar-refractivity contribution in [1.82, 2.24) is 9.80 Å². The average molecular weight is 552 g/mol. The summed E-state index contributed by atoms with van der Waals surface area (Å²) in [5.74, 6) is -1.11. The van der Waals surface area contributed by atoms with Gasteiger partial charge in [0.15, 0.2) is 6.61 Å². The molecule has 0 bridgehead atoms. The summed E-state index contributed by atoms with van der Waals surface area (Å²) in [6, 6.07) is 11.2. The number of ketones is 1. The van der Waals surface area contributed by atoms with Gasteiger partial charge in [-0.25, -0.2) is 0 Å². The maximum absolute atomic E-state index is 13.4. The fourth-order valence-corrected chi connectivity index (χ4v) is 5.00. The van der Waals surface area contributed by atoms with Crippen LogP contribution in [0.3, 0.4) is 0 Å². The van der Waals surface area contributed by atoms with Crippen molar-refractivity contribution in [3.8, 4) is 11.5 Å². The van der Waals surface area contributed by atoms with Crippen molar-refractivity contribution in [2.75, 3.05) is 52.6 Å². The molecule has 0 saturated carbocycles. The molecule has 2 aliphatic heterocycles. The van der Waals surface area contributed by atoms with Crippen LogP contribution in [0.25, 0.3) is 5.76 Å². The Kier molecular flexibility index (Phi) is 9.79. The van der Waals surface area contributed by atoms with Gasteiger partial charge < -0.3 is 30.0 Å². The van der Waals surface area contributed by atoms with Crippen molar-refractivity contribution in [2.45, 2.75) is 32.7 Å². The second-order valence-corrected chi connectivity index (χ2v) is 9.95. The van der Waals surface area contributed by atoms with Crippen LogP contribution in [0.1, 0.15) is 42.5 Å². The van der Waals surface area contributed by atoms with E-state index in [0.29, 0.717) is 55.4 Å². The zero-order valence-electron chi connectivity index (χ0n) is 23.1. The number of aryl methyl sites for hydroxylation is 1. The van der Waals surface area contributed by atoms with Crippen molar-refractivity contribution < 1.29 is 33.7 Å². The number of hydrogen-bond donors (Lipinski definition) is 2. The lowest BCUT2D eigenvalue weighted by Crippen LogP contribution is -2.38. The Labute approximate surface area is 234 Å². The van der Waals surface area contributed by atoms with Crippen molar-refractivity contribution >= 4 is 23.4 Å². The third-order valence-electron chi connectivity index (χ3n) is 7.02. The highest BCUT2D eigenvalue weighted by atomic mass is 16.5. The van der Waals surface area contributed by atoms with E-state index in [4.69, 9.17) is 19.9 Å². The third-order valence-corrected chi connectivity index (χ3v) is 7.02. The normalized spacial score (nSPS) is 19.1. The number of nitrogens with zero attached hydrogens (tertiary/aromatic N) is 2. The first kappa shape index (κ1) is 29.1. The number of morpholine rings is 1. The van der Waals surface area contributed by atoms with Crippen molar-refractivity contribution in [3.05, 3.63) is 64.7 Å². The van der Waals surface area contributed by atoms with Crippen molar-refractivity contribution in [2.24, 2.45) is 5.73 Å². The molecule has 2 heterocycles. The maximum Gasteiger partial charge on any atom is 0.295 e. The van der Waals surface area contributed by atoms with Gasteiger partial charge in [0.25, 0.3) is 17.6 Å². The van der Waals surface area contributed by atoms with E-state index in [9.17, 15) is 19.5 Å². The molecule has 10 nitrogen and oxygen atoms in total. The van der Waals surface area contributed by atoms with Crippen LogP contribution in [-0.4, -0.2) is 85.1 Å². The fraction of sp³-hybridized carbons (Fsp3) is 0.433. The first-order chi connectivity index (χ1) is 19.3. The Bertz CT molecular complexity index is 1250. The van der Waals surface area contributed by atoms with Crippen molar-refractivity contribution in [1.29, 1.82) is 0 Å². The van der Waals surface area contributed by atoms with Gasteiger partial charge in [0.05, 0.1) is 31.4 Å². The molecule has 0 aliphatic carbocycles. The smallest absolute Gasteiger partial charge is 0.295 e. The Balaban J connectivity index is 1.66. The lowest BCUT2D eigenvalue weighted by Gasteiger charge is -2.29. The highest BCUT2D eigenvalue weighted by molar-refractivity contribution is 6.46. The van der Waals surface area contributed by atoms with Crippen LogP contribution in [-0.2, 0) is 19.1 Å². The predicted molar refractivity (Wildman–Crippen MR) is 149 cm³/mol. The summed E-state index contributed by atoms with van der Waals surface area (Å²) >= 11 is 0. The summed E-state index contributed by atoms with van der Waals surface area (Å²) < 4.78 is 16.5. The minimum Gasteiger partial charge on any atom is -0.507 e. The molecule has 1 atom stereocenters. The number of ether oxygens (including phenoxy) is 3. The molecule has 10 heteroatoms. The number of carbonyl (C=O) groups excluding carboxylic acids is 3. The van der Waals surface area contributed by atoms with Gasteiger partial charge in [-0.1, -0.05) is 19.1 Å². The molecule has 0 aromatic heterocycles. The van der Waals surface area contributed by atoms with Crippen LogP contribution in [0.4, 0.5) is 0 Å². The van der Waals surface area contributed by atoms with Gasteiger partial charge in [-0.3, -0.25) is 19.3 Å². The molecule has 1 unspecified atom stereocenters. The Morgan fingerprint density at radius 3 is 2.40 bits per heavy atom. The zero-order chi connectivity index (χ0) is 28.6. The number of carbonyl (C=O) groups is 3. The standard InChI is InChI=1S/C30H37N3O7/c1-3-15-39-23-9-10-24(20(2)18-23)28(35)26-27(21-5-7-22(8-6-21)40-19-25(31)34)33(30(37)29(26)36)12-4-11-32-13-16-38-17-14-32/h5-10,18,27,35H,3-4,11-17,19H2,1-2H3,(H2,31,34)/b28-26+. The second-order valence-electron chi connectivity index (χ2n) is 9.95. The lowest BCUT2D eigenvalue weighted by atomic mass is 9.93. The zero-order valence-corrected chi connectivity index (χ0v) is 23.1. The molecule has 2 aromatic rings. The van der Waals surface area contributed by atoms with E-state index >= 15 is 0 Å². The molecular weight excluding hydrogens is 514 g/mol. The molecule has 2 aromatic carbocycles. The van der Waals surface area contributed by atoms with E-state index in [1.807, 2.05) is 19.9 Å². The summed E-state index contributed by atoms with van der Waals surface area (Å²) in [7, 11) is 0. The average Bonchev–Trinajstić information content (AvgIpc) is 3.20. The number of likely N-dealkylation sites (tertiary alicyclic amines) is 1. The number of nitrogens with two attached hydrogens (primary N) is 1. The number of amides is 2. The molecule has 214 valence electrons. The number of aliphatic hydroxyl groups excluding tert-OH is 1. The van der Waals surface area contributed by atoms with E-state index in [-0.39, 0.29) is 17.9 Å². The highest BCUT2D eigenvalue weighted by Gasteiger charge is 2.46. The lowest BCUT2D eigenvalue weighted by molar-refractivity contribution is -0.140. The molecule has 2 aliphatic rings. The van der Waals surface area contributed by atoms with E-state index in [1.165, 1.54) is 4.90 Å². The van der Waals surface area contributed by atoms with Crippen LogP contribution in [0.2, 0.25) is 0 Å². The molecule has 0 radical (unpaired) electrons. The number of hydrogen-bond acceptors (Lipinski definition) is 8. The topological polar surface area (TPSA) is 132 Å². The molecule has 2 amide bonds. The SMILES string of the molecule is CCCOc1ccc(/C(O)=C2\C(=O)C(=O)N(CCCN3CCOCC3)C2c2ccc(OCC(N)=O)cc2)c(C)c1. The summed E-state index contributed by atoms with van der Waals surface area (Å²) in [5, 5.41) is 11.5.